The van der Waals surface area contributed by atoms with E-state index in [1.165, 1.54) is 27.2 Å². The predicted octanol–water partition coefficient (Wildman–Crippen LogP) is 1.52. The summed E-state index contributed by atoms with van der Waals surface area (Å²) in [7, 11) is 0. The van der Waals surface area contributed by atoms with E-state index in [0.717, 1.165) is 9.44 Å². The number of hydrogen-bond acceptors (Lipinski definition) is 6. The standard InChI is InChI=1S/C19H22N4O4S2/c1-12(2)21-16(25)11-23-14-6-9-29-17(14)18(26)22(19(23)27)7-5-15(24)20-10-13-4-3-8-28-13/h3-4,6,8-9,12H,5,7,10-11H2,1-2H3,(H,20,24)(H,21,25). The fourth-order valence-corrected chi connectivity index (χ4v) is 4.38. The fraction of sp³-hybridized carbons (Fsp3) is 0.368. The van der Waals surface area contributed by atoms with Gasteiger partial charge in [0.05, 0.1) is 12.1 Å². The van der Waals surface area contributed by atoms with Gasteiger partial charge < -0.3 is 10.6 Å². The van der Waals surface area contributed by atoms with Gasteiger partial charge in [0.15, 0.2) is 0 Å². The molecule has 0 aliphatic heterocycles. The maximum absolute atomic E-state index is 12.9. The molecule has 0 unspecified atom stereocenters. The normalized spacial score (nSPS) is 11.1. The molecule has 0 aromatic carbocycles. The molecule has 10 heteroatoms. The van der Waals surface area contributed by atoms with Crippen molar-refractivity contribution in [3.8, 4) is 0 Å². The van der Waals surface area contributed by atoms with E-state index in [-0.39, 0.29) is 37.4 Å². The minimum Gasteiger partial charge on any atom is -0.352 e. The molecule has 0 spiro atoms. The van der Waals surface area contributed by atoms with Gasteiger partial charge in [-0.25, -0.2) is 4.79 Å². The van der Waals surface area contributed by atoms with Crippen LogP contribution in [0.4, 0.5) is 0 Å². The monoisotopic (exact) mass is 434 g/mol. The second-order valence-electron chi connectivity index (χ2n) is 6.79. The number of nitrogens with one attached hydrogen (secondary N) is 2. The molecule has 0 aliphatic rings. The summed E-state index contributed by atoms with van der Waals surface area (Å²) in [5.74, 6) is -0.562. The van der Waals surface area contributed by atoms with E-state index < -0.39 is 11.2 Å². The number of carbonyl (C=O) groups excluding carboxylic acids is 2. The smallest absolute Gasteiger partial charge is 0.332 e. The summed E-state index contributed by atoms with van der Waals surface area (Å²) in [5.41, 5.74) is -0.597. The minimum atomic E-state index is -0.592. The summed E-state index contributed by atoms with van der Waals surface area (Å²) >= 11 is 2.75. The SMILES string of the molecule is CC(C)NC(=O)Cn1c(=O)n(CCC(=O)NCc2cccs2)c(=O)c2sccc21. The van der Waals surface area contributed by atoms with Crippen LogP contribution in [0.1, 0.15) is 25.1 Å². The average molecular weight is 435 g/mol. The molecule has 0 bridgehead atoms. The Labute approximate surface area is 174 Å². The Balaban J connectivity index is 1.80. The quantitative estimate of drug-likeness (QED) is 0.561. The molecule has 0 saturated heterocycles. The van der Waals surface area contributed by atoms with Crippen LogP contribution in [0.25, 0.3) is 10.2 Å². The zero-order valence-corrected chi connectivity index (χ0v) is 17.8. The summed E-state index contributed by atoms with van der Waals surface area (Å²) in [5, 5.41) is 9.16. The minimum absolute atomic E-state index is 0.00437. The second kappa shape index (κ2) is 9.19. The number of aromatic nitrogens is 2. The first-order valence-corrected chi connectivity index (χ1v) is 10.9. The first-order chi connectivity index (χ1) is 13.9. The molecule has 8 nitrogen and oxygen atoms in total. The molecule has 0 atom stereocenters. The highest BCUT2D eigenvalue weighted by atomic mass is 32.1. The van der Waals surface area contributed by atoms with Crippen molar-refractivity contribution in [3.63, 3.8) is 0 Å². The van der Waals surface area contributed by atoms with Crippen LogP contribution < -0.4 is 21.9 Å². The molecule has 2 N–H and O–H groups in total. The lowest BCUT2D eigenvalue weighted by molar-refractivity contribution is -0.122. The van der Waals surface area contributed by atoms with Gasteiger partial charge in [0.25, 0.3) is 5.56 Å². The van der Waals surface area contributed by atoms with Gasteiger partial charge in [0.1, 0.15) is 11.2 Å². The molecule has 0 radical (unpaired) electrons. The van der Waals surface area contributed by atoms with Gasteiger partial charge in [0, 0.05) is 23.9 Å². The number of carbonyl (C=O) groups is 2. The van der Waals surface area contributed by atoms with E-state index in [1.54, 1.807) is 11.4 Å². The van der Waals surface area contributed by atoms with Crippen LogP contribution in [0.15, 0.2) is 38.5 Å². The summed E-state index contributed by atoms with van der Waals surface area (Å²) < 4.78 is 2.71. The van der Waals surface area contributed by atoms with Crippen LogP contribution >= 0.6 is 22.7 Å². The van der Waals surface area contributed by atoms with Crippen LogP contribution in [-0.4, -0.2) is 27.0 Å². The van der Waals surface area contributed by atoms with Gasteiger partial charge in [-0.1, -0.05) is 6.07 Å². The largest absolute Gasteiger partial charge is 0.352 e. The Morgan fingerprint density at radius 2 is 1.86 bits per heavy atom. The Hall–Kier alpha value is -2.72. The molecule has 2 amide bonds. The van der Waals surface area contributed by atoms with E-state index in [4.69, 9.17) is 0 Å². The lowest BCUT2D eigenvalue weighted by Crippen LogP contribution is -2.43. The summed E-state index contributed by atoms with van der Waals surface area (Å²) in [6.07, 6.45) is -0.00437. The Kier molecular flexibility index (Phi) is 6.65. The first-order valence-electron chi connectivity index (χ1n) is 9.16. The summed E-state index contributed by atoms with van der Waals surface area (Å²) in [6.45, 7) is 3.84. The zero-order chi connectivity index (χ0) is 21.0. The number of hydrogen-bond donors (Lipinski definition) is 2. The molecule has 3 heterocycles. The number of rotatable bonds is 8. The van der Waals surface area contributed by atoms with Crippen molar-refractivity contribution in [2.45, 2.75) is 45.9 Å². The van der Waals surface area contributed by atoms with Crippen LogP contribution in [-0.2, 0) is 29.2 Å². The van der Waals surface area contributed by atoms with Gasteiger partial charge in [-0.05, 0) is 36.7 Å². The summed E-state index contributed by atoms with van der Waals surface area (Å²) in [6, 6.07) is 5.42. The van der Waals surface area contributed by atoms with Gasteiger partial charge in [-0.2, -0.15) is 0 Å². The van der Waals surface area contributed by atoms with Crippen LogP contribution in [0.2, 0.25) is 0 Å². The molecule has 3 aromatic rings. The highest BCUT2D eigenvalue weighted by Gasteiger charge is 2.17. The molecule has 0 aliphatic carbocycles. The van der Waals surface area contributed by atoms with Crippen molar-refractivity contribution in [3.05, 3.63) is 54.7 Å². The van der Waals surface area contributed by atoms with Crippen molar-refractivity contribution < 1.29 is 9.59 Å². The zero-order valence-electron chi connectivity index (χ0n) is 16.1. The number of amides is 2. The highest BCUT2D eigenvalue weighted by Crippen LogP contribution is 2.15. The predicted molar refractivity (Wildman–Crippen MR) is 114 cm³/mol. The van der Waals surface area contributed by atoms with Gasteiger partial charge in [-0.3, -0.25) is 23.5 Å². The van der Waals surface area contributed by atoms with E-state index in [2.05, 4.69) is 10.6 Å². The van der Waals surface area contributed by atoms with Crippen LogP contribution in [0.5, 0.6) is 0 Å². The van der Waals surface area contributed by atoms with E-state index in [1.807, 2.05) is 31.4 Å². The Bertz CT molecular complexity index is 1130. The van der Waals surface area contributed by atoms with Gasteiger partial charge in [-0.15, -0.1) is 22.7 Å². The lowest BCUT2D eigenvalue weighted by atomic mass is 10.3. The number of thiophene rings is 2. The third-order valence-electron chi connectivity index (χ3n) is 4.19. The van der Waals surface area contributed by atoms with Gasteiger partial charge in [0.2, 0.25) is 11.8 Å². The Morgan fingerprint density at radius 3 is 2.55 bits per heavy atom. The van der Waals surface area contributed by atoms with Crippen molar-refractivity contribution in [2.75, 3.05) is 0 Å². The van der Waals surface area contributed by atoms with E-state index in [0.29, 0.717) is 16.8 Å². The molecule has 0 fully saturated rings. The van der Waals surface area contributed by atoms with Crippen LogP contribution in [0.3, 0.4) is 0 Å². The molecule has 0 saturated carbocycles. The molecular formula is C19H22N4O4S2. The van der Waals surface area contributed by atoms with Crippen molar-refractivity contribution in [1.29, 1.82) is 0 Å². The molecule has 3 aromatic heterocycles. The molecule has 29 heavy (non-hydrogen) atoms. The average Bonchev–Trinajstić information content (AvgIpc) is 3.34. The van der Waals surface area contributed by atoms with E-state index >= 15 is 0 Å². The number of fused-ring (bicyclic) bond motifs is 1. The third kappa shape index (κ3) is 5.01. The van der Waals surface area contributed by atoms with Crippen LogP contribution in [0, 0.1) is 0 Å². The second-order valence-corrected chi connectivity index (χ2v) is 8.74. The van der Waals surface area contributed by atoms with E-state index in [9.17, 15) is 19.2 Å². The maximum Gasteiger partial charge on any atom is 0.332 e. The summed E-state index contributed by atoms with van der Waals surface area (Å²) in [4.78, 5) is 51.0. The van der Waals surface area contributed by atoms with Crippen molar-refractivity contribution >= 4 is 44.7 Å². The maximum atomic E-state index is 12.9. The topological polar surface area (TPSA) is 102 Å². The van der Waals surface area contributed by atoms with Gasteiger partial charge >= 0.3 is 5.69 Å². The third-order valence-corrected chi connectivity index (χ3v) is 5.96. The number of nitrogens with zero attached hydrogens (tertiary/aromatic N) is 2. The highest BCUT2D eigenvalue weighted by molar-refractivity contribution is 7.17. The fourth-order valence-electron chi connectivity index (χ4n) is 2.90. The van der Waals surface area contributed by atoms with Crippen molar-refractivity contribution in [1.82, 2.24) is 19.8 Å². The molecule has 3 rings (SSSR count). The molecule has 154 valence electrons. The first kappa shape index (κ1) is 21.0. The molecular weight excluding hydrogens is 412 g/mol. The van der Waals surface area contributed by atoms with Crippen molar-refractivity contribution in [2.24, 2.45) is 0 Å². The Morgan fingerprint density at radius 1 is 1.07 bits per heavy atom. The lowest BCUT2D eigenvalue weighted by Gasteiger charge is -2.13.